The summed E-state index contributed by atoms with van der Waals surface area (Å²) in [6.07, 6.45) is 3.05. The number of nitrogens with zero attached hydrogens (tertiary/aromatic N) is 3. The minimum Gasteiger partial charge on any atom is -0.368 e. The van der Waals surface area contributed by atoms with E-state index in [0.717, 1.165) is 30.4 Å². The third kappa shape index (κ3) is 3.98. The van der Waals surface area contributed by atoms with Crippen molar-refractivity contribution in [1.82, 2.24) is 14.8 Å². The van der Waals surface area contributed by atoms with Crippen molar-refractivity contribution in [3.63, 3.8) is 0 Å². The predicted molar refractivity (Wildman–Crippen MR) is 124 cm³/mol. The van der Waals surface area contributed by atoms with Gasteiger partial charge in [-0.05, 0) is 43.0 Å². The summed E-state index contributed by atoms with van der Waals surface area (Å²) in [4.78, 5) is 34.1. The van der Waals surface area contributed by atoms with Crippen LogP contribution in [0, 0.1) is 18.3 Å². The Hall–Kier alpha value is -3.25. The van der Waals surface area contributed by atoms with Gasteiger partial charge in [-0.1, -0.05) is 54.6 Å². The number of benzene rings is 2. The Morgan fingerprint density at radius 3 is 2.56 bits per heavy atom. The highest BCUT2D eigenvalue weighted by Gasteiger charge is 2.50. The molecule has 2 aliphatic rings. The van der Waals surface area contributed by atoms with Gasteiger partial charge in [0.1, 0.15) is 5.69 Å². The zero-order valence-corrected chi connectivity index (χ0v) is 17.9. The van der Waals surface area contributed by atoms with Crippen LogP contribution in [0.4, 0.5) is 0 Å². The van der Waals surface area contributed by atoms with Crippen molar-refractivity contribution >= 4 is 22.7 Å². The second-order valence-corrected chi connectivity index (χ2v) is 8.77. The molecule has 6 heteroatoms. The van der Waals surface area contributed by atoms with Crippen LogP contribution >= 0.6 is 0 Å². The Bertz CT molecular complexity index is 1130. The summed E-state index contributed by atoms with van der Waals surface area (Å²) in [7, 11) is 0. The van der Waals surface area contributed by atoms with Crippen molar-refractivity contribution in [3.8, 4) is 0 Å². The van der Waals surface area contributed by atoms with Gasteiger partial charge in [0, 0.05) is 30.9 Å². The number of aromatic nitrogens is 1. The third-order valence-electron chi connectivity index (χ3n) is 6.75. The summed E-state index contributed by atoms with van der Waals surface area (Å²) in [5.74, 6) is -0.0325. The minimum absolute atomic E-state index is 0.0719. The van der Waals surface area contributed by atoms with Gasteiger partial charge in [-0.25, -0.2) is 4.98 Å². The first-order chi connectivity index (χ1) is 15.6. The summed E-state index contributed by atoms with van der Waals surface area (Å²) in [5.41, 5.74) is 8.26. The number of hydrogen-bond acceptors (Lipinski definition) is 4. The Balaban J connectivity index is 1.24. The molecule has 5 rings (SSSR count). The average molecular weight is 428 g/mol. The average Bonchev–Trinajstić information content (AvgIpc) is 3.36. The number of carbonyl (C=O) groups is 2. The van der Waals surface area contributed by atoms with Crippen LogP contribution in [0.2, 0.25) is 0 Å². The number of hydrogen-bond donors (Lipinski definition) is 1. The maximum absolute atomic E-state index is 13.1. The number of rotatable bonds is 6. The van der Waals surface area contributed by atoms with Crippen LogP contribution in [-0.4, -0.2) is 58.8 Å². The summed E-state index contributed by atoms with van der Waals surface area (Å²) in [5, 5.41) is 1.01. The van der Waals surface area contributed by atoms with Crippen LogP contribution in [-0.2, 0) is 4.79 Å². The molecule has 3 heterocycles. The highest BCUT2D eigenvalue weighted by molar-refractivity contribution is 5.95. The second kappa shape index (κ2) is 8.71. The molecule has 0 saturated carbocycles. The highest BCUT2D eigenvalue weighted by Crippen LogP contribution is 2.37. The van der Waals surface area contributed by atoms with E-state index in [1.165, 1.54) is 5.56 Å². The molecule has 2 amide bonds. The highest BCUT2D eigenvalue weighted by atomic mass is 16.2. The molecular weight excluding hydrogens is 400 g/mol. The lowest BCUT2D eigenvalue weighted by molar-refractivity contribution is -0.123. The molecule has 1 aromatic heterocycles. The first kappa shape index (κ1) is 20.6. The zero-order valence-electron chi connectivity index (χ0n) is 17.9. The quantitative estimate of drug-likeness (QED) is 0.656. The van der Waals surface area contributed by atoms with Crippen LogP contribution in [0.1, 0.15) is 22.5 Å². The van der Waals surface area contributed by atoms with Crippen LogP contribution in [0.3, 0.4) is 0 Å². The molecule has 0 aliphatic carbocycles. The van der Waals surface area contributed by atoms with Gasteiger partial charge in [-0.3, -0.25) is 14.5 Å². The molecule has 2 fully saturated rings. The number of primary amides is 1. The van der Waals surface area contributed by atoms with Gasteiger partial charge >= 0.3 is 0 Å². The van der Waals surface area contributed by atoms with E-state index in [0.29, 0.717) is 18.8 Å². The first-order valence-corrected chi connectivity index (χ1v) is 11.2. The van der Waals surface area contributed by atoms with Crippen molar-refractivity contribution < 1.29 is 9.59 Å². The Kier molecular flexibility index (Phi) is 5.62. The van der Waals surface area contributed by atoms with Crippen LogP contribution in [0.15, 0.2) is 66.7 Å². The molecule has 2 saturated heterocycles. The first-order valence-electron chi connectivity index (χ1n) is 11.2. The fourth-order valence-electron chi connectivity index (χ4n) is 5.25. The van der Waals surface area contributed by atoms with Gasteiger partial charge in [0.25, 0.3) is 5.91 Å². The molecule has 0 spiro atoms. The van der Waals surface area contributed by atoms with E-state index < -0.39 is 0 Å². The molecular formula is C26H27N4O2. The number of fused-ring (bicyclic) bond motifs is 2. The summed E-state index contributed by atoms with van der Waals surface area (Å²) >= 11 is 0. The molecule has 3 aromatic rings. The Morgan fingerprint density at radius 1 is 0.969 bits per heavy atom. The van der Waals surface area contributed by atoms with Crippen LogP contribution < -0.4 is 5.73 Å². The van der Waals surface area contributed by atoms with Crippen molar-refractivity contribution in [3.05, 3.63) is 84.4 Å². The van der Waals surface area contributed by atoms with Crippen LogP contribution in [0.25, 0.3) is 10.9 Å². The van der Waals surface area contributed by atoms with Crippen molar-refractivity contribution in [2.24, 2.45) is 17.6 Å². The SMILES string of the molecule is NC(=O)C1[C@@H]2CN(C(=O)c3ccc4ccccc4n3)CC2CN1CC[CH]c1ccccc1. The van der Waals surface area contributed by atoms with Gasteiger partial charge in [0.2, 0.25) is 5.91 Å². The molecule has 3 atom stereocenters. The minimum atomic E-state index is -0.327. The van der Waals surface area contributed by atoms with Crippen LogP contribution in [0.5, 0.6) is 0 Å². The molecule has 163 valence electrons. The second-order valence-electron chi connectivity index (χ2n) is 8.77. The van der Waals surface area contributed by atoms with Crippen molar-refractivity contribution in [2.45, 2.75) is 12.5 Å². The number of amides is 2. The van der Waals surface area contributed by atoms with E-state index in [-0.39, 0.29) is 29.7 Å². The summed E-state index contributed by atoms with van der Waals surface area (Å²) in [6, 6.07) is 21.4. The van der Waals surface area contributed by atoms with Crippen molar-refractivity contribution in [1.29, 1.82) is 0 Å². The molecule has 2 unspecified atom stereocenters. The standard InChI is InChI=1S/C26H27N4O2/c27-25(31)24-21-17-30(26(32)23-13-12-19-10-4-5-11-22(19)28-23)16-20(21)15-29(24)14-6-9-18-7-2-1-3-8-18/h1-5,7-13,20-21,24H,6,14-17H2,(H2,27,31)/t20?,21-,24?/m1/s1. The van der Waals surface area contributed by atoms with E-state index >= 15 is 0 Å². The maximum Gasteiger partial charge on any atom is 0.272 e. The van der Waals surface area contributed by atoms with E-state index in [9.17, 15) is 9.59 Å². The fraction of sp³-hybridized carbons (Fsp3) is 0.308. The summed E-state index contributed by atoms with van der Waals surface area (Å²) in [6.45, 7) is 2.76. The van der Waals surface area contributed by atoms with E-state index in [4.69, 9.17) is 5.73 Å². The molecule has 6 nitrogen and oxygen atoms in total. The number of para-hydroxylation sites is 1. The van der Waals surface area contributed by atoms with Gasteiger partial charge in [0.15, 0.2) is 0 Å². The fourth-order valence-corrected chi connectivity index (χ4v) is 5.25. The normalized spacial score (nSPS) is 22.9. The smallest absolute Gasteiger partial charge is 0.272 e. The molecule has 2 aromatic carbocycles. The maximum atomic E-state index is 13.1. The largest absolute Gasteiger partial charge is 0.368 e. The molecule has 2 aliphatic heterocycles. The number of likely N-dealkylation sites (tertiary alicyclic amines) is 2. The van der Waals surface area contributed by atoms with E-state index in [1.807, 2.05) is 53.4 Å². The van der Waals surface area contributed by atoms with Gasteiger partial charge in [-0.15, -0.1) is 0 Å². The molecule has 0 bridgehead atoms. The molecule has 32 heavy (non-hydrogen) atoms. The van der Waals surface area contributed by atoms with E-state index in [1.54, 1.807) is 6.07 Å². The summed E-state index contributed by atoms with van der Waals surface area (Å²) < 4.78 is 0. The number of carbonyl (C=O) groups excluding carboxylic acids is 2. The van der Waals surface area contributed by atoms with Crippen molar-refractivity contribution in [2.75, 3.05) is 26.2 Å². The number of nitrogens with two attached hydrogens (primary N) is 1. The third-order valence-corrected chi connectivity index (χ3v) is 6.75. The number of pyridine rings is 1. The van der Waals surface area contributed by atoms with Gasteiger partial charge < -0.3 is 10.6 Å². The lowest BCUT2D eigenvalue weighted by Crippen LogP contribution is -2.46. The lowest BCUT2D eigenvalue weighted by Gasteiger charge is -2.27. The Labute approximate surface area is 188 Å². The van der Waals surface area contributed by atoms with Gasteiger partial charge in [-0.2, -0.15) is 0 Å². The predicted octanol–water partition coefficient (Wildman–Crippen LogP) is 2.74. The Morgan fingerprint density at radius 2 is 1.75 bits per heavy atom. The van der Waals surface area contributed by atoms with Gasteiger partial charge in [0.05, 0.1) is 11.6 Å². The van der Waals surface area contributed by atoms with E-state index in [2.05, 4.69) is 28.4 Å². The monoisotopic (exact) mass is 427 g/mol. The molecule has 1 radical (unpaired) electrons. The topological polar surface area (TPSA) is 79.5 Å². The lowest BCUT2D eigenvalue weighted by atomic mass is 9.94. The molecule has 2 N–H and O–H groups in total. The zero-order chi connectivity index (χ0) is 22.1.